The fourth-order valence-corrected chi connectivity index (χ4v) is 2.31. The second kappa shape index (κ2) is 7.84. The third-order valence-corrected chi connectivity index (χ3v) is 3.92. The molecule has 0 amide bonds. The molecule has 0 saturated heterocycles. The molecule has 0 fully saturated rings. The molecule has 114 valence electrons. The van der Waals surface area contributed by atoms with Gasteiger partial charge in [-0.2, -0.15) is 0 Å². The summed E-state index contributed by atoms with van der Waals surface area (Å²) in [6.45, 7) is 0. The number of hydrogen-bond donors (Lipinski definition) is 2. The monoisotopic (exact) mass is 342 g/mol. The Morgan fingerprint density at radius 1 is 0.375 bits per heavy atom. The minimum atomic E-state index is 0.937. The Bertz CT molecular complexity index is 861. The Morgan fingerprint density at radius 2 is 0.583 bits per heavy atom. The third-order valence-electron chi connectivity index (χ3n) is 3.32. The van der Waals surface area contributed by atoms with Gasteiger partial charge in [-0.05, 0) is 72.8 Å². The quantitative estimate of drug-likeness (QED) is 0.414. The van der Waals surface area contributed by atoms with Crippen molar-refractivity contribution in [2.24, 2.45) is 0 Å². The van der Waals surface area contributed by atoms with E-state index in [0.29, 0.717) is 0 Å². The van der Waals surface area contributed by atoms with Gasteiger partial charge in [0.15, 0.2) is 0 Å². The van der Waals surface area contributed by atoms with Gasteiger partial charge in [0.1, 0.15) is 0 Å². The van der Waals surface area contributed by atoms with E-state index in [2.05, 4.69) is 48.9 Å². The van der Waals surface area contributed by atoms with Crippen molar-refractivity contribution >= 4 is 25.3 Å². The fourth-order valence-electron chi connectivity index (χ4n) is 2.02. The lowest BCUT2D eigenvalue weighted by atomic mass is 10.1. The van der Waals surface area contributed by atoms with Crippen molar-refractivity contribution < 1.29 is 0 Å². The van der Waals surface area contributed by atoms with E-state index >= 15 is 0 Å². The molecule has 0 saturated carbocycles. The van der Waals surface area contributed by atoms with E-state index in [0.717, 1.165) is 32.0 Å². The third kappa shape index (κ3) is 4.74. The topological polar surface area (TPSA) is 0 Å². The highest BCUT2D eigenvalue weighted by Gasteiger charge is 1.91. The first-order valence-electron chi connectivity index (χ1n) is 7.41. The number of hydrogen-bond acceptors (Lipinski definition) is 2. The summed E-state index contributed by atoms with van der Waals surface area (Å²) in [5.74, 6) is 12.6. The van der Waals surface area contributed by atoms with Gasteiger partial charge in [-0.1, -0.05) is 23.7 Å². The first kappa shape index (κ1) is 16.3. The molecule has 2 heteroatoms. The summed E-state index contributed by atoms with van der Waals surface area (Å²) in [4.78, 5) is 1.87. The van der Waals surface area contributed by atoms with E-state index < -0.39 is 0 Å². The Hall–Kier alpha value is -2.52. The van der Waals surface area contributed by atoms with Gasteiger partial charge in [0.25, 0.3) is 0 Å². The molecule has 0 aliphatic heterocycles. The normalized spacial score (nSPS) is 9.42. The molecule has 0 atom stereocenters. The number of rotatable bonds is 0. The zero-order valence-corrected chi connectivity index (χ0v) is 14.6. The van der Waals surface area contributed by atoms with Crippen LogP contribution in [0.1, 0.15) is 22.3 Å². The van der Waals surface area contributed by atoms with Crippen molar-refractivity contribution in [1.82, 2.24) is 0 Å². The van der Waals surface area contributed by atoms with E-state index in [9.17, 15) is 0 Å². The van der Waals surface area contributed by atoms with Gasteiger partial charge in [0.2, 0.25) is 0 Å². The van der Waals surface area contributed by atoms with Crippen molar-refractivity contribution in [2.45, 2.75) is 9.79 Å². The predicted octanol–water partition coefficient (Wildman–Crippen LogP) is 5.06. The second-order valence-electron chi connectivity index (χ2n) is 5.17. The van der Waals surface area contributed by atoms with Crippen LogP contribution in [0.25, 0.3) is 0 Å². The highest BCUT2D eigenvalue weighted by atomic mass is 32.1. The zero-order valence-electron chi connectivity index (χ0n) is 12.8. The molecule has 3 aromatic rings. The molecule has 0 aliphatic carbocycles. The van der Waals surface area contributed by atoms with Crippen LogP contribution >= 0.6 is 25.3 Å². The fraction of sp³-hybridized carbons (Fsp3) is 0. The minimum absolute atomic E-state index is 0.937. The Labute approximate surface area is 153 Å². The molecule has 0 nitrogen and oxygen atoms in total. The van der Waals surface area contributed by atoms with E-state index in [4.69, 9.17) is 0 Å². The van der Waals surface area contributed by atoms with Crippen LogP contribution in [0, 0.1) is 23.7 Å². The van der Waals surface area contributed by atoms with Gasteiger partial charge < -0.3 is 0 Å². The molecule has 0 aromatic heterocycles. The zero-order chi connectivity index (χ0) is 16.8. The largest absolute Gasteiger partial charge is 0.143 e. The maximum atomic E-state index is 4.27. The Kier molecular flexibility index (Phi) is 5.34. The summed E-state index contributed by atoms with van der Waals surface area (Å²) >= 11 is 8.53. The van der Waals surface area contributed by atoms with Gasteiger partial charge in [-0.15, -0.1) is 25.3 Å². The molecule has 0 heterocycles. The van der Waals surface area contributed by atoms with Gasteiger partial charge in [-0.25, -0.2) is 0 Å². The van der Waals surface area contributed by atoms with Crippen LogP contribution in [-0.2, 0) is 0 Å². The predicted molar refractivity (Wildman–Crippen MR) is 106 cm³/mol. The summed E-state index contributed by atoms with van der Waals surface area (Å²) in [5.41, 5.74) is 3.89. The van der Waals surface area contributed by atoms with Crippen molar-refractivity contribution in [3.05, 3.63) is 95.1 Å². The van der Waals surface area contributed by atoms with Crippen LogP contribution in [0.4, 0.5) is 0 Å². The van der Waals surface area contributed by atoms with Crippen molar-refractivity contribution in [3.8, 4) is 23.7 Å². The molecule has 24 heavy (non-hydrogen) atoms. The molecule has 0 spiro atoms. The van der Waals surface area contributed by atoms with E-state index in [1.165, 1.54) is 0 Å². The molecule has 0 unspecified atom stereocenters. The molecule has 3 rings (SSSR count). The van der Waals surface area contributed by atoms with Crippen molar-refractivity contribution in [1.29, 1.82) is 0 Å². The van der Waals surface area contributed by atoms with Crippen LogP contribution < -0.4 is 0 Å². The lowest BCUT2D eigenvalue weighted by molar-refractivity contribution is 1.46. The van der Waals surface area contributed by atoms with Gasteiger partial charge in [0.05, 0.1) is 0 Å². The molecule has 0 bridgehead atoms. The molecule has 0 radical (unpaired) electrons. The SMILES string of the molecule is Sc1ccc(C#Cc2ccc(C#Cc3ccc(S)cc3)cc2)cc1. The Balaban J connectivity index is 1.72. The summed E-state index contributed by atoms with van der Waals surface area (Å²) < 4.78 is 0. The minimum Gasteiger partial charge on any atom is -0.143 e. The average Bonchev–Trinajstić information content (AvgIpc) is 2.62. The number of benzene rings is 3. The first-order chi connectivity index (χ1) is 11.7. The second-order valence-corrected chi connectivity index (χ2v) is 6.20. The van der Waals surface area contributed by atoms with Crippen LogP contribution in [0.2, 0.25) is 0 Å². The average molecular weight is 342 g/mol. The maximum absolute atomic E-state index is 4.27. The Morgan fingerprint density at radius 3 is 0.833 bits per heavy atom. The van der Waals surface area contributed by atoms with E-state index in [1.807, 2.05) is 72.8 Å². The standard InChI is InChI=1S/C22H14S2/c23-21-13-9-19(10-14-21)7-5-17-1-2-18(4-3-17)6-8-20-11-15-22(24)16-12-20/h1-4,9-16,23-24H. The van der Waals surface area contributed by atoms with Crippen molar-refractivity contribution in [3.63, 3.8) is 0 Å². The summed E-state index contributed by atoms with van der Waals surface area (Å²) in [6.07, 6.45) is 0. The van der Waals surface area contributed by atoms with Gasteiger partial charge in [0, 0.05) is 32.0 Å². The van der Waals surface area contributed by atoms with Crippen LogP contribution in [0.3, 0.4) is 0 Å². The van der Waals surface area contributed by atoms with Crippen molar-refractivity contribution in [2.75, 3.05) is 0 Å². The molecular formula is C22H14S2. The highest BCUT2D eigenvalue weighted by Crippen LogP contribution is 2.09. The lowest BCUT2D eigenvalue weighted by Gasteiger charge is -1.94. The van der Waals surface area contributed by atoms with Crippen LogP contribution in [-0.4, -0.2) is 0 Å². The molecular weight excluding hydrogens is 328 g/mol. The highest BCUT2D eigenvalue weighted by molar-refractivity contribution is 7.80. The molecule has 0 aliphatic rings. The van der Waals surface area contributed by atoms with E-state index in [1.54, 1.807) is 0 Å². The van der Waals surface area contributed by atoms with Gasteiger partial charge >= 0.3 is 0 Å². The summed E-state index contributed by atoms with van der Waals surface area (Å²) in [5, 5.41) is 0. The van der Waals surface area contributed by atoms with Crippen LogP contribution in [0.5, 0.6) is 0 Å². The van der Waals surface area contributed by atoms with Crippen LogP contribution in [0.15, 0.2) is 82.6 Å². The summed E-state index contributed by atoms with van der Waals surface area (Å²) in [7, 11) is 0. The van der Waals surface area contributed by atoms with E-state index in [-0.39, 0.29) is 0 Å². The van der Waals surface area contributed by atoms with Gasteiger partial charge in [-0.3, -0.25) is 0 Å². The maximum Gasteiger partial charge on any atom is 0.0249 e. The first-order valence-corrected chi connectivity index (χ1v) is 8.31. The number of thiol groups is 2. The molecule has 0 N–H and O–H groups in total. The summed E-state index contributed by atoms with van der Waals surface area (Å²) in [6, 6.07) is 23.5. The molecule has 3 aromatic carbocycles. The lowest BCUT2D eigenvalue weighted by Crippen LogP contribution is -1.79. The smallest absolute Gasteiger partial charge is 0.0249 e.